The van der Waals surface area contributed by atoms with Crippen molar-refractivity contribution in [1.82, 2.24) is 18.8 Å². The van der Waals surface area contributed by atoms with Gasteiger partial charge in [-0.2, -0.15) is 4.31 Å². The fourth-order valence-electron chi connectivity index (χ4n) is 3.62. The van der Waals surface area contributed by atoms with E-state index in [9.17, 15) is 13.2 Å². The lowest BCUT2D eigenvalue weighted by molar-refractivity contribution is 0.281. The summed E-state index contributed by atoms with van der Waals surface area (Å²) in [4.78, 5) is 20.1. The molecule has 0 bridgehead atoms. The highest BCUT2D eigenvalue weighted by molar-refractivity contribution is 7.89. The van der Waals surface area contributed by atoms with Crippen LogP contribution in [-0.4, -0.2) is 54.4 Å². The van der Waals surface area contributed by atoms with E-state index < -0.39 is 16.1 Å². The van der Waals surface area contributed by atoms with Crippen molar-refractivity contribution in [3.05, 3.63) is 70.8 Å². The first kappa shape index (κ1) is 23.1. The minimum atomic E-state index is -3.79. The predicted molar refractivity (Wildman–Crippen MR) is 124 cm³/mol. The van der Waals surface area contributed by atoms with Crippen molar-refractivity contribution in [3.8, 4) is 0 Å². The third kappa shape index (κ3) is 4.87. The van der Waals surface area contributed by atoms with E-state index in [2.05, 4.69) is 0 Å². The number of hydrogen-bond acceptors (Lipinski definition) is 5. The molecular formula is C23H30N4O3S. The van der Waals surface area contributed by atoms with Gasteiger partial charge in [0.05, 0.1) is 21.8 Å². The van der Waals surface area contributed by atoms with Crippen molar-refractivity contribution in [2.75, 3.05) is 27.2 Å². The van der Waals surface area contributed by atoms with Gasteiger partial charge in [-0.25, -0.2) is 13.4 Å². The molecule has 0 spiro atoms. The maximum Gasteiger partial charge on any atom is 0.261 e. The molecule has 0 aliphatic carbocycles. The zero-order valence-electron chi connectivity index (χ0n) is 18.5. The Morgan fingerprint density at radius 2 is 1.65 bits per heavy atom. The molecule has 8 heteroatoms. The van der Waals surface area contributed by atoms with Crippen molar-refractivity contribution in [1.29, 1.82) is 0 Å². The molecule has 0 N–H and O–H groups in total. The van der Waals surface area contributed by atoms with Crippen molar-refractivity contribution in [2.24, 2.45) is 0 Å². The molecule has 31 heavy (non-hydrogen) atoms. The van der Waals surface area contributed by atoms with Gasteiger partial charge in [-0.15, -0.1) is 0 Å². The smallest absolute Gasteiger partial charge is 0.261 e. The second-order valence-corrected chi connectivity index (χ2v) is 9.74. The minimum Gasteiger partial charge on any atom is -0.308 e. The number of aromatic nitrogens is 2. The molecule has 0 amide bonds. The molecule has 3 aromatic rings. The van der Waals surface area contributed by atoms with Crippen molar-refractivity contribution < 1.29 is 8.42 Å². The van der Waals surface area contributed by atoms with Crippen LogP contribution in [0.5, 0.6) is 0 Å². The van der Waals surface area contributed by atoms with Gasteiger partial charge in [0.2, 0.25) is 10.0 Å². The van der Waals surface area contributed by atoms with Gasteiger partial charge in [0.15, 0.2) is 0 Å². The summed E-state index contributed by atoms with van der Waals surface area (Å²) >= 11 is 0. The molecular weight excluding hydrogens is 412 g/mol. The van der Waals surface area contributed by atoms with Crippen LogP contribution >= 0.6 is 0 Å². The molecule has 1 aromatic heterocycles. The standard InChI is InChI=1S/C23H30N4O3S/c1-5-15-26-22(24-21-14-10-9-13-20(21)23(26)28)18(2)27(17-16-25(3)4)31(29,30)19-11-7-6-8-12-19/h6-14,18H,5,15-17H2,1-4H3. The maximum absolute atomic E-state index is 13.6. The lowest BCUT2D eigenvalue weighted by atomic mass is 10.2. The number of fused-ring (bicyclic) bond motifs is 1. The third-order valence-corrected chi connectivity index (χ3v) is 7.25. The molecule has 7 nitrogen and oxygen atoms in total. The fraction of sp³-hybridized carbons (Fsp3) is 0.391. The van der Waals surface area contributed by atoms with Crippen LogP contribution in [0.1, 0.15) is 32.1 Å². The largest absolute Gasteiger partial charge is 0.308 e. The van der Waals surface area contributed by atoms with Crippen LogP contribution in [0.2, 0.25) is 0 Å². The van der Waals surface area contributed by atoms with Crippen LogP contribution in [0.15, 0.2) is 64.3 Å². The van der Waals surface area contributed by atoms with Gasteiger partial charge < -0.3 is 4.90 Å². The van der Waals surface area contributed by atoms with Gasteiger partial charge in [0.25, 0.3) is 5.56 Å². The average Bonchev–Trinajstić information content (AvgIpc) is 2.76. The van der Waals surface area contributed by atoms with Gasteiger partial charge in [0.1, 0.15) is 5.82 Å². The molecule has 1 heterocycles. The molecule has 0 saturated carbocycles. The van der Waals surface area contributed by atoms with Crippen LogP contribution in [0.4, 0.5) is 0 Å². The van der Waals surface area contributed by atoms with Gasteiger partial charge >= 0.3 is 0 Å². The summed E-state index contributed by atoms with van der Waals surface area (Å²) in [7, 11) is 0.0134. The Balaban J connectivity index is 2.17. The zero-order valence-corrected chi connectivity index (χ0v) is 19.3. The topological polar surface area (TPSA) is 75.5 Å². The minimum absolute atomic E-state index is 0.140. The Labute approximate surface area is 184 Å². The Morgan fingerprint density at radius 3 is 2.29 bits per heavy atom. The third-order valence-electron chi connectivity index (χ3n) is 5.26. The first-order valence-electron chi connectivity index (χ1n) is 10.5. The number of hydrogen-bond donors (Lipinski definition) is 0. The number of rotatable bonds is 9. The molecule has 0 aliphatic heterocycles. The quantitative estimate of drug-likeness (QED) is 0.509. The zero-order chi connectivity index (χ0) is 22.6. The summed E-state index contributed by atoms with van der Waals surface area (Å²) in [5.74, 6) is 0.462. The molecule has 2 aromatic carbocycles. The monoisotopic (exact) mass is 442 g/mol. The number of likely N-dealkylation sites (N-methyl/N-ethyl adjacent to an activating group) is 1. The van der Waals surface area contributed by atoms with E-state index in [1.54, 1.807) is 54.0 Å². The Morgan fingerprint density at radius 1 is 1.00 bits per heavy atom. The van der Waals surface area contributed by atoms with E-state index in [-0.39, 0.29) is 17.0 Å². The van der Waals surface area contributed by atoms with E-state index in [0.29, 0.717) is 29.8 Å². The molecule has 1 unspecified atom stereocenters. The molecule has 166 valence electrons. The summed E-state index contributed by atoms with van der Waals surface area (Å²) in [5, 5.41) is 0.539. The highest BCUT2D eigenvalue weighted by atomic mass is 32.2. The van der Waals surface area contributed by atoms with Crippen molar-refractivity contribution in [3.63, 3.8) is 0 Å². The van der Waals surface area contributed by atoms with E-state index in [0.717, 1.165) is 6.42 Å². The SMILES string of the molecule is CCCn1c(C(C)N(CCN(C)C)S(=O)(=O)c2ccccc2)nc2ccccc2c1=O. The van der Waals surface area contributed by atoms with E-state index >= 15 is 0 Å². The van der Waals surface area contributed by atoms with Crippen molar-refractivity contribution >= 4 is 20.9 Å². The molecule has 0 aliphatic rings. The van der Waals surface area contributed by atoms with Gasteiger partial charge in [-0.05, 0) is 51.7 Å². The molecule has 0 fully saturated rings. The molecule has 1 atom stereocenters. The van der Waals surface area contributed by atoms with Crippen molar-refractivity contribution in [2.45, 2.75) is 37.8 Å². The fourth-order valence-corrected chi connectivity index (χ4v) is 5.23. The molecule has 0 saturated heterocycles. The number of sulfonamides is 1. The number of nitrogens with zero attached hydrogens (tertiary/aromatic N) is 4. The van der Waals surface area contributed by atoms with Gasteiger partial charge in [-0.3, -0.25) is 9.36 Å². The average molecular weight is 443 g/mol. The summed E-state index contributed by atoms with van der Waals surface area (Å²) < 4.78 is 30.2. The Hall–Kier alpha value is -2.55. The predicted octanol–water partition coefficient (Wildman–Crippen LogP) is 3.12. The highest BCUT2D eigenvalue weighted by Crippen LogP contribution is 2.27. The first-order valence-corrected chi connectivity index (χ1v) is 11.9. The van der Waals surface area contributed by atoms with Crippen LogP contribution in [0.3, 0.4) is 0 Å². The van der Waals surface area contributed by atoms with E-state index in [1.165, 1.54) is 4.31 Å². The summed E-state index contributed by atoms with van der Waals surface area (Å²) in [5.41, 5.74) is 0.436. The lowest BCUT2D eigenvalue weighted by Gasteiger charge is -2.30. The van der Waals surface area contributed by atoms with Gasteiger partial charge in [-0.1, -0.05) is 37.3 Å². The maximum atomic E-state index is 13.6. The highest BCUT2D eigenvalue weighted by Gasteiger charge is 2.32. The van der Waals surface area contributed by atoms with E-state index in [4.69, 9.17) is 4.98 Å². The Kier molecular flexibility index (Phi) is 7.25. The normalized spacial score (nSPS) is 13.2. The van der Waals surface area contributed by atoms with Crippen LogP contribution in [0, 0.1) is 0 Å². The summed E-state index contributed by atoms with van der Waals surface area (Å²) in [6.07, 6.45) is 0.739. The van der Waals surface area contributed by atoms with Crippen LogP contribution < -0.4 is 5.56 Å². The lowest BCUT2D eigenvalue weighted by Crippen LogP contribution is -2.41. The van der Waals surface area contributed by atoms with Crippen LogP contribution in [-0.2, 0) is 16.6 Å². The summed E-state index contributed by atoms with van der Waals surface area (Å²) in [6, 6.07) is 15.0. The Bertz CT molecular complexity index is 1190. The number of benzene rings is 2. The first-order chi connectivity index (χ1) is 14.8. The molecule has 3 rings (SSSR count). The second kappa shape index (κ2) is 9.72. The van der Waals surface area contributed by atoms with E-state index in [1.807, 2.05) is 38.1 Å². The summed E-state index contributed by atoms with van der Waals surface area (Å²) in [6.45, 7) is 5.09. The second-order valence-electron chi connectivity index (χ2n) is 7.85. The molecule has 0 radical (unpaired) electrons. The van der Waals surface area contributed by atoms with Gasteiger partial charge in [0, 0.05) is 19.6 Å². The number of para-hydroxylation sites is 1. The van der Waals surface area contributed by atoms with Crippen LogP contribution in [0.25, 0.3) is 10.9 Å².